The van der Waals surface area contributed by atoms with E-state index in [1.807, 2.05) is 60.4 Å². The summed E-state index contributed by atoms with van der Waals surface area (Å²) in [6.45, 7) is 2.00. The largest absolute Gasteiger partial charge is 0.497 e. The van der Waals surface area contributed by atoms with E-state index < -0.39 is 6.04 Å². The average molecular weight is 390 g/mol. The van der Waals surface area contributed by atoms with E-state index in [4.69, 9.17) is 4.74 Å². The van der Waals surface area contributed by atoms with Crippen LogP contribution in [0.15, 0.2) is 59.8 Å². The monoisotopic (exact) mass is 390 g/mol. The van der Waals surface area contributed by atoms with E-state index in [9.17, 15) is 9.59 Å². The number of fused-ring (bicyclic) bond motifs is 1. The zero-order valence-electron chi connectivity index (χ0n) is 16.9. The van der Waals surface area contributed by atoms with Gasteiger partial charge in [-0.1, -0.05) is 31.2 Å². The summed E-state index contributed by atoms with van der Waals surface area (Å²) in [5, 5.41) is 3.48. The fourth-order valence-electron chi connectivity index (χ4n) is 4.25. The molecule has 0 fully saturated rings. The van der Waals surface area contributed by atoms with Crippen LogP contribution in [0.25, 0.3) is 0 Å². The Hall–Kier alpha value is -3.08. The van der Waals surface area contributed by atoms with Gasteiger partial charge in [0, 0.05) is 24.1 Å². The van der Waals surface area contributed by atoms with Gasteiger partial charge >= 0.3 is 0 Å². The summed E-state index contributed by atoms with van der Waals surface area (Å²) in [4.78, 5) is 28.3. The number of nitrogens with zero attached hydrogens (tertiary/aromatic N) is 1. The van der Waals surface area contributed by atoms with Gasteiger partial charge in [0.2, 0.25) is 5.91 Å². The number of amides is 1. The molecule has 1 amide bonds. The minimum atomic E-state index is -0.445. The fourth-order valence-corrected chi connectivity index (χ4v) is 4.25. The van der Waals surface area contributed by atoms with E-state index in [0.717, 1.165) is 47.6 Å². The predicted molar refractivity (Wildman–Crippen MR) is 114 cm³/mol. The molecule has 4 rings (SSSR count). The van der Waals surface area contributed by atoms with Crippen molar-refractivity contribution in [1.82, 2.24) is 0 Å². The lowest BCUT2D eigenvalue weighted by molar-refractivity contribution is -0.119. The summed E-state index contributed by atoms with van der Waals surface area (Å²) in [5.74, 6) is 0.882. The number of carbonyl (C=O) groups is 2. The smallest absolute Gasteiger partial charge is 0.227 e. The zero-order valence-corrected chi connectivity index (χ0v) is 16.9. The van der Waals surface area contributed by atoms with Crippen LogP contribution in [0.4, 0.5) is 11.4 Å². The van der Waals surface area contributed by atoms with Gasteiger partial charge in [-0.15, -0.1) is 0 Å². The highest BCUT2D eigenvalue weighted by molar-refractivity contribution is 6.06. The third-order valence-electron chi connectivity index (χ3n) is 5.60. The maximum atomic E-state index is 13.3. The van der Waals surface area contributed by atoms with Crippen LogP contribution in [0.2, 0.25) is 0 Å². The van der Waals surface area contributed by atoms with E-state index in [1.165, 1.54) is 0 Å². The van der Waals surface area contributed by atoms with Crippen molar-refractivity contribution in [3.05, 3.63) is 65.4 Å². The molecule has 1 aliphatic heterocycles. The van der Waals surface area contributed by atoms with Crippen LogP contribution in [0.3, 0.4) is 0 Å². The summed E-state index contributed by atoms with van der Waals surface area (Å²) in [5.41, 5.74) is 4.24. The summed E-state index contributed by atoms with van der Waals surface area (Å²) >= 11 is 0. The first kappa shape index (κ1) is 19.2. The number of hydrogen-bond acceptors (Lipinski definition) is 4. The molecular weight excluding hydrogens is 364 g/mol. The summed E-state index contributed by atoms with van der Waals surface area (Å²) in [6.07, 6.45) is 3.32. The first-order chi connectivity index (χ1) is 14.1. The molecule has 0 saturated carbocycles. The fraction of sp³-hybridized carbons (Fsp3) is 0.333. The number of ketones is 1. The molecule has 150 valence electrons. The van der Waals surface area contributed by atoms with Crippen LogP contribution in [-0.4, -0.2) is 18.8 Å². The van der Waals surface area contributed by atoms with Gasteiger partial charge in [-0.2, -0.15) is 0 Å². The summed E-state index contributed by atoms with van der Waals surface area (Å²) in [7, 11) is 1.63. The van der Waals surface area contributed by atoms with Crippen molar-refractivity contribution in [2.45, 2.75) is 45.1 Å². The number of anilines is 2. The molecule has 1 heterocycles. The molecule has 1 atom stereocenters. The lowest BCUT2D eigenvalue weighted by Gasteiger charge is -2.34. The van der Waals surface area contributed by atoms with Crippen molar-refractivity contribution in [3.63, 3.8) is 0 Å². The molecule has 1 aliphatic carbocycles. The first-order valence-electron chi connectivity index (χ1n) is 10.2. The standard InChI is InChI=1S/C24H26N2O3/c1-3-7-22(28)26-20-10-5-4-8-18(20)25-19-9-6-11-21(27)23(19)24(26)16-12-14-17(29-2)15-13-16/h4-5,8,10,12-15,24-25H,3,6-7,9,11H2,1-2H3. The Labute approximate surface area is 171 Å². The molecule has 0 spiro atoms. The quantitative estimate of drug-likeness (QED) is 0.798. The number of benzene rings is 2. The van der Waals surface area contributed by atoms with E-state index >= 15 is 0 Å². The molecule has 5 heteroatoms. The highest BCUT2D eigenvalue weighted by Gasteiger charge is 2.39. The van der Waals surface area contributed by atoms with Crippen LogP contribution in [0.1, 0.15) is 50.6 Å². The van der Waals surface area contributed by atoms with Crippen LogP contribution in [-0.2, 0) is 9.59 Å². The zero-order chi connectivity index (χ0) is 20.4. The highest BCUT2D eigenvalue weighted by Crippen LogP contribution is 2.45. The molecular formula is C24H26N2O3. The topological polar surface area (TPSA) is 58.6 Å². The van der Waals surface area contributed by atoms with Crippen LogP contribution >= 0.6 is 0 Å². The van der Waals surface area contributed by atoms with Gasteiger partial charge in [0.1, 0.15) is 5.75 Å². The predicted octanol–water partition coefficient (Wildman–Crippen LogP) is 5.00. The number of Topliss-reactive ketones (excluding diaryl/α,β-unsaturated/α-hetero) is 1. The van der Waals surface area contributed by atoms with E-state index in [0.29, 0.717) is 18.4 Å². The number of rotatable bonds is 4. The van der Waals surface area contributed by atoms with Crippen molar-refractivity contribution in [2.24, 2.45) is 0 Å². The van der Waals surface area contributed by atoms with E-state index in [-0.39, 0.29) is 11.7 Å². The number of methoxy groups -OCH3 is 1. The second-order valence-corrected chi connectivity index (χ2v) is 7.50. The molecule has 29 heavy (non-hydrogen) atoms. The van der Waals surface area contributed by atoms with Gasteiger partial charge in [0.25, 0.3) is 0 Å². The van der Waals surface area contributed by atoms with Crippen molar-refractivity contribution >= 4 is 23.1 Å². The maximum Gasteiger partial charge on any atom is 0.227 e. The Morgan fingerprint density at radius 1 is 1.14 bits per heavy atom. The SMILES string of the molecule is CCCC(=O)N1c2ccccc2NC2=C(C(=O)CCC2)C1c1ccc(OC)cc1. The molecule has 0 aromatic heterocycles. The van der Waals surface area contributed by atoms with Gasteiger partial charge in [-0.25, -0.2) is 0 Å². The lowest BCUT2D eigenvalue weighted by Crippen LogP contribution is -2.37. The van der Waals surface area contributed by atoms with E-state index in [1.54, 1.807) is 7.11 Å². The maximum absolute atomic E-state index is 13.3. The van der Waals surface area contributed by atoms with Crippen molar-refractivity contribution in [1.29, 1.82) is 0 Å². The summed E-state index contributed by atoms with van der Waals surface area (Å²) < 4.78 is 5.31. The minimum Gasteiger partial charge on any atom is -0.497 e. The van der Waals surface area contributed by atoms with Gasteiger partial charge in [0.05, 0.1) is 24.5 Å². The molecule has 1 unspecified atom stereocenters. The number of carbonyl (C=O) groups excluding carboxylic acids is 2. The van der Waals surface area contributed by atoms with Gasteiger partial charge in [-0.3, -0.25) is 14.5 Å². The number of ether oxygens (including phenoxy) is 1. The number of nitrogens with one attached hydrogen (secondary N) is 1. The Kier molecular flexibility index (Phi) is 5.38. The Balaban J connectivity index is 1.95. The highest BCUT2D eigenvalue weighted by atomic mass is 16.5. The molecule has 2 aromatic rings. The van der Waals surface area contributed by atoms with Crippen molar-refractivity contribution in [2.75, 3.05) is 17.3 Å². The Bertz CT molecular complexity index is 962. The number of hydrogen-bond donors (Lipinski definition) is 1. The number of allylic oxidation sites excluding steroid dienone is 1. The molecule has 0 saturated heterocycles. The second kappa shape index (κ2) is 8.11. The first-order valence-corrected chi connectivity index (χ1v) is 10.2. The van der Waals surface area contributed by atoms with Gasteiger partial charge in [-0.05, 0) is 49.1 Å². The van der Waals surface area contributed by atoms with Crippen molar-refractivity contribution < 1.29 is 14.3 Å². The van der Waals surface area contributed by atoms with E-state index in [2.05, 4.69) is 5.32 Å². The van der Waals surface area contributed by atoms with Gasteiger partial charge in [0.15, 0.2) is 5.78 Å². The molecule has 0 bridgehead atoms. The third-order valence-corrected chi connectivity index (χ3v) is 5.60. The molecule has 1 N–H and O–H groups in total. The van der Waals surface area contributed by atoms with Crippen LogP contribution < -0.4 is 15.0 Å². The molecule has 5 nitrogen and oxygen atoms in total. The van der Waals surface area contributed by atoms with Crippen molar-refractivity contribution in [3.8, 4) is 5.75 Å². The molecule has 0 radical (unpaired) electrons. The number of para-hydroxylation sites is 2. The third kappa shape index (κ3) is 3.53. The van der Waals surface area contributed by atoms with Crippen LogP contribution in [0, 0.1) is 0 Å². The molecule has 2 aliphatic rings. The minimum absolute atomic E-state index is 0.0229. The normalized spacial score (nSPS) is 18.5. The average Bonchev–Trinajstić information content (AvgIpc) is 2.89. The lowest BCUT2D eigenvalue weighted by atomic mass is 9.85. The molecule has 2 aromatic carbocycles. The summed E-state index contributed by atoms with van der Waals surface area (Å²) in [6, 6.07) is 15.0. The second-order valence-electron chi connectivity index (χ2n) is 7.50. The van der Waals surface area contributed by atoms with Gasteiger partial charge < -0.3 is 10.1 Å². The Morgan fingerprint density at radius 3 is 2.62 bits per heavy atom. The van der Waals surface area contributed by atoms with Crippen LogP contribution in [0.5, 0.6) is 5.75 Å². The Morgan fingerprint density at radius 2 is 1.90 bits per heavy atom.